The summed E-state index contributed by atoms with van der Waals surface area (Å²) in [5.41, 5.74) is -0.482. The van der Waals surface area contributed by atoms with Crippen LogP contribution in [0.1, 0.15) is 96.1 Å². The summed E-state index contributed by atoms with van der Waals surface area (Å²) in [5, 5.41) is 14.6. The summed E-state index contributed by atoms with van der Waals surface area (Å²) < 4.78 is 41.6. The Morgan fingerprint density at radius 2 is 1.78 bits per heavy atom. The zero-order valence-corrected chi connectivity index (χ0v) is 32.4. The molecule has 1 aromatic carbocycles. The number of ether oxygens (including phenoxy) is 2. The third kappa shape index (κ3) is 9.58. The Bertz CT molecular complexity index is 1830. The third-order valence-electron chi connectivity index (χ3n) is 10.6. The summed E-state index contributed by atoms with van der Waals surface area (Å²) >= 11 is 0. The van der Waals surface area contributed by atoms with Crippen LogP contribution in [0.25, 0.3) is 0 Å². The molecule has 3 fully saturated rings. The molecular formula is C38H51N7O9S. The number of benzene rings is 1. The minimum atomic E-state index is -4.35. The van der Waals surface area contributed by atoms with Gasteiger partial charge in [-0.05, 0) is 70.4 Å². The van der Waals surface area contributed by atoms with Crippen molar-refractivity contribution in [1.29, 1.82) is 5.26 Å². The molecule has 0 spiro atoms. The normalized spacial score (nSPS) is 27.0. The van der Waals surface area contributed by atoms with E-state index in [0.29, 0.717) is 38.8 Å². The molecule has 3 heterocycles. The van der Waals surface area contributed by atoms with Crippen molar-refractivity contribution < 1.29 is 41.9 Å². The number of nitrogens with zero attached hydrogens (tertiary/aromatic N) is 4. The summed E-state index contributed by atoms with van der Waals surface area (Å²) in [6.07, 6.45) is 5.56. The van der Waals surface area contributed by atoms with E-state index in [9.17, 15) is 32.4 Å². The van der Waals surface area contributed by atoms with Gasteiger partial charge < -0.3 is 25.0 Å². The highest BCUT2D eigenvalue weighted by atomic mass is 32.2. The maximum absolute atomic E-state index is 14.4. The molecule has 17 heteroatoms. The Labute approximate surface area is 322 Å². The number of amides is 5. The van der Waals surface area contributed by atoms with E-state index in [1.54, 1.807) is 20.8 Å². The second kappa shape index (κ2) is 16.2. The number of rotatable bonds is 8. The first kappa shape index (κ1) is 40.0. The van der Waals surface area contributed by atoms with Gasteiger partial charge in [0.25, 0.3) is 5.91 Å². The molecule has 5 amide bonds. The lowest BCUT2D eigenvalue weighted by atomic mass is 10.0. The Morgan fingerprint density at radius 3 is 2.44 bits per heavy atom. The smallest absolute Gasteiger partial charge is 0.410 e. The number of allylic oxidation sites excluding steroid dienone is 1. The van der Waals surface area contributed by atoms with Crippen LogP contribution >= 0.6 is 0 Å². The Balaban J connectivity index is 1.25. The van der Waals surface area contributed by atoms with Gasteiger partial charge in [-0.15, -0.1) is 0 Å². The molecule has 2 aliphatic carbocycles. The summed E-state index contributed by atoms with van der Waals surface area (Å²) in [5.74, 6) is -2.74. The summed E-state index contributed by atoms with van der Waals surface area (Å²) in [7, 11) is -4.35. The van der Waals surface area contributed by atoms with Gasteiger partial charge in [-0.25, -0.2) is 14.3 Å². The Hall–Kier alpha value is -4.69. The number of carbonyl (C=O) groups is 5. The highest BCUT2D eigenvalue weighted by molar-refractivity contribution is 7.87. The van der Waals surface area contributed by atoms with E-state index in [2.05, 4.69) is 15.4 Å². The quantitative estimate of drug-likeness (QED) is 0.329. The molecule has 3 aliphatic heterocycles. The summed E-state index contributed by atoms with van der Waals surface area (Å²) in [6.45, 7) is 5.58. The first-order chi connectivity index (χ1) is 26.1. The molecule has 1 aromatic rings. The average Bonchev–Trinajstić information content (AvgIpc) is 3.97. The lowest BCUT2D eigenvalue weighted by molar-refractivity contribution is -0.141. The van der Waals surface area contributed by atoms with Gasteiger partial charge in [-0.1, -0.05) is 49.3 Å². The van der Waals surface area contributed by atoms with Gasteiger partial charge in [0.15, 0.2) is 0 Å². The number of alkyl carbamates (subject to hydrolysis) is 1. The van der Waals surface area contributed by atoms with Gasteiger partial charge in [0.2, 0.25) is 11.8 Å². The van der Waals surface area contributed by atoms with Crippen LogP contribution in [0.4, 0.5) is 9.59 Å². The van der Waals surface area contributed by atoms with Crippen molar-refractivity contribution in [2.75, 3.05) is 13.1 Å². The van der Waals surface area contributed by atoms with E-state index in [0.717, 1.165) is 28.3 Å². The maximum atomic E-state index is 14.4. The van der Waals surface area contributed by atoms with Crippen molar-refractivity contribution in [2.24, 2.45) is 5.92 Å². The highest BCUT2D eigenvalue weighted by Crippen LogP contribution is 2.46. The molecule has 55 heavy (non-hydrogen) atoms. The van der Waals surface area contributed by atoms with E-state index in [4.69, 9.17) is 14.7 Å². The van der Waals surface area contributed by atoms with Crippen LogP contribution in [0, 0.1) is 17.2 Å². The lowest BCUT2D eigenvalue weighted by Crippen LogP contribution is -2.59. The Kier molecular flexibility index (Phi) is 11.8. The van der Waals surface area contributed by atoms with Gasteiger partial charge in [-0.2, -0.15) is 18.0 Å². The van der Waals surface area contributed by atoms with Crippen molar-refractivity contribution in [3.63, 3.8) is 0 Å². The minimum absolute atomic E-state index is 0.0510. The number of fused-ring (bicyclic) bond motifs is 3. The SMILES string of the molecule is CC(C)(C)OC(=O)N[C@H]1CCCCCC=C[C@@H]2C[C@@]2(C(=O)NS(=O)(=O)N(CCC#N)C2CC2)NC(=O)[C@@H]2C[C@@H](OC(=O)N3Cc4ccccc4C3)CN2C1=O. The number of nitrogens with one attached hydrogen (secondary N) is 3. The first-order valence-electron chi connectivity index (χ1n) is 19.1. The predicted molar refractivity (Wildman–Crippen MR) is 197 cm³/mol. The minimum Gasteiger partial charge on any atom is -0.444 e. The van der Waals surface area contributed by atoms with E-state index in [1.807, 2.05) is 42.5 Å². The summed E-state index contributed by atoms with van der Waals surface area (Å²) in [4.78, 5) is 71.9. The van der Waals surface area contributed by atoms with Crippen molar-refractivity contribution in [2.45, 2.75) is 133 Å². The molecule has 6 rings (SSSR count). The molecule has 5 atom stereocenters. The van der Waals surface area contributed by atoms with Crippen LogP contribution in [-0.4, -0.2) is 101 Å². The molecule has 2 saturated carbocycles. The van der Waals surface area contributed by atoms with Gasteiger partial charge in [0, 0.05) is 44.4 Å². The molecule has 16 nitrogen and oxygen atoms in total. The van der Waals surface area contributed by atoms with E-state index in [-0.39, 0.29) is 44.8 Å². The van der Waals surface area contributed by atoms with Gasteiger partial charge >= 0.3 is 22.4 Å². The second-order valence-corrected chi connectivity index (χ2v) is 17.7. The maximum Gasteiger partial charge on any atom is 0.410 e. The monoisotopic (exact) mass is 781 g/mol. The van der Waals surface area contributed by atoms with E-state index < -0.39 is 75.4 Å². The first-order valence-corrected chi connectivity index (χ1v) is 20.6. The number of hydrogen-bond donors (Lipinski definition) is 3. The molecular weight excluding hydrogens is 731 g/mol. The second-order valence-electron chi connectivity index (χ2n) is 16.1. The lowest BCUT2D eigenvalue weighted by Gasteiger charge is -2.30. The Morgan fingerprint density at radius 1 is 1.07 bits per heavy atom. The summed E-state index contributed by atoms with van der Waals surface area (Å²) in [6, 6.07) is 6.99. The van der Waals surface area contributed by atoms with Crippen LogP contribution < -0.4 is 15.4 Å². The zero-order chi connectivity index (χ0) is 39.5. The molecule has 0 radical (unpaired) electrons. The molecule has 3 N–H and O–H groups in total. The van der Waals surface area contributed by atoms with E-state index in [1.165, 1.54) is 9.80 Å². The van der Waals surface area contributed by atoms with Gasteiger partial charge in [-0.3, -0.25) is 19.3 Å². The van der Waals surface area contributed by atoms with Crippen LogP contribution in [0.3, 0.4) is 0 Å². The van der Waals surface area contributed by atoms with Crippen LogP contribution in [0.5, 0.6) is 0 Å². The van der Waals surface area contributed by atoms with Gasteiger partial charge in [0.1, 0.15) is 29.3 Å². The highest BCUT2D eigenvalue weighted by Gasteiger charge is 2.62. The van der Waals surface area contributed by atoms with Crippen molar-refractivity contribution in [3.05, 3.63) is 47.5 Å². The van der Waals surface area contributed by atoms with E-state index >= 15 is 0 Å². The molecule has 0 unspecified atom stereocenters. The van der Waals surface area contributed by atoms with Crippen LogP contribution in [0.15, 0.2) is 36.4 Å². The number of nitriles is 1. The number of carbonyl (C=O) groups excluding carboxylic acids is 5. The van der Waals surface area contributed by atoms with Crippen molar-refractivity contribution in [3.8, 4) is 6.07 Å². The zero-order valence-electron chi connectivity index (χ0n) is 31.6. The average molecular weight is 782 g/mol. The largest absolute Gasteiger partial charge is 0.444 e. The van der Waals surface area contributed by atoms with Crippen molar-refractivity contribution in [1.82, 2.24) is 29.5 Å². The van der Waals surface area contributed by atoms with Crippen molar-refractivity contribution >= 4 is 40.1 Å². The fraction of sp³-hybridized carbons (Fsp3) is 0.632. The topological polar surface area (TPSA) is 208 Å². The number of hydrogen-bond acceptors (Lipinski definition) is 10. The predicted octanol–water partition coefficient (Wildman–Crippen LogP) is 3.14. The standard InChI is InChI=1S/C38H51N7O9S/c1-37(2,3)54-35(49)40-30-15-8-6-4-5-7-14-27-21-38(27,34(48)42-55(51,52)45(19-11-18-39)28-16-17-28)41-32(46)31-20-29(24-44(31)33(30)47)53-36(50)43-22-25-12-9-10-13-26(25)23-43/h7,9-10,12-14,27-31H,4-6,8,11,15-17,19-24H2,1-3H3,(H,40,49)(H,41,46)(H,42,48)/t27-,29-,30+,31+,38-/m1/s1. The fourth-order valence-electron chi connectivity index (χ4n) is 7.58. The molecule has 5 aliphatic rings. The molecule has 0 bridgehead atoms. The van der Waals surface area contributed by atoms with Gasteiger partial charge in [0.05, 0.1) is 12.6 Å². The fourth-order valence-corrected chi connectivity index (χ4v) is 9.05. The third-order valence-corrected chi connectivity index (χ3v) is 12.2. The molecule has 0 aromatic heterocycles. The van der Waals surface area contributed by atoms with Crippen LogP contribution in [-0.2, 0) is 47.2 Å². The molecule has 298 valence electrons. The molecule has 1 saturated heterocycles. The van der Waals surface area contributed by atoms with Crippen LogP contribution in [0.2, 0.25) is 0 Å².